The van der Waals surface area contributed by atoms with Crippen LogP contribution in [0.5, 0.6) is 0 Å². The molecule has 0 aromatic carbocycles. The van der Waals surface area contributed by atoms with E-state index >= 15 is 0 Å². The van der Waals surface area contributed by atoms with E-state index in [-0.39, 0.29) is 24.3 Å². The largest absolute Gasteiger partial charge is 0.465 e. The lowest BCUT2D eigenvalue weighted by molar-refractivity contribution is -0.146. The molecule has 2 amide bonds. The second kappa shape index (κ2) is 6.83. The van der Waals surface area contributed by atoms with Gasteiger partial charge in [0.1, 0.15) is 11.5 Å². The number of hydrogen-bond donors (Lipinski definition) is 1. The smallest absolute Gasteiger partial charge is 0.257 e. The Balaban J connectivity index is 1.76. The van der Waals surface area contributed by atoms with Gasteiger partial charge in [-0.3, -0.25) is 9.59 Å². The number of likely N-dealkylation sites (tertiary alicyclic amines) is 2. The van der Waals surface area contributed by atoms with E-state index in [1.165, 1.54) is 0 Å². The average Bonchev–Trinajstić information content (AvgIpc) is 3.17. The quantitative estimate of drug-likeness (QED) is 0.905. The van der Waals surface area contributed by atoms with Crippen LogP contribution in [0.3, 0.4) is 0 Å². The van der Waals surface area contributed by atoms with Crippen LogP contribution in [0.15, 0.2) is 10.5 Å². The number of aliphatic hydroxyl groups is 1. The highest BCUT2D eigenvalue weighted by Gasteiger charge is 2.49. The van der Waals surface area contributed by atoms with Crippen LogP contribution >= 0.6 is 0 Å². The van der Waals surface area contributed by atoms with Crippen LogP contribution in [-0.2, 0) is 4.79 Å². The summed E-state index contributed by atoms with van der Waals surface area (Å²) < 4.78 is 5.71. The summed E-state index contributed by atoms with van der Waals surface area (Å²) in [5, 5.41) is 9.17. The van der Waals surface area contributed by atoms with Gasteiger partial charge in [0.15, 0.2) is 0 Å². The molecule has 2 fully saturated rings. The maximum absolute atomic E-state index is 12.9. The third kappa shape index (κ3) is 3.19. The second-order valence-electron chi connectivity index (χ2n) is 7.65. The van der Waals surface area contributed by atoms with E-state index in [0.29, 0.717) is 43.9 Å². The van der Waals surface area contributed by atoms with Crippen molar-refractivity contribution in [3.8, 4) is 0 Å². The minimum atomic E-state index is -0.471. The number of amides is 2. The molecule has 3 rings (SSSR count). The van der Waals surface area contributed by atoms with Crippen molar-refractivity contribution < 1.29 is 19.1 Å². The number of furan rings is 1. The van der Waals surface area contributed by atoms with Crippen molar-refractivity contribution in [3.63, 3.8) is 0 Å². The Morgan fingerprint density at radius 2 is 2.12 bits per heavy atom. The number of carbonyl (C=O) groups excluding carboxylic acids is 2. The van der Waals surface area contributed by atoms with Crippen LogP contribution in [0, 0.1) is 12.3 Å². The number of β-amino-alcohol motifs (C(OH)–C–C–N with tert-alkyl or cyclic N) is 1. The number of aryl methyl sites for hydroxylation is 1. The monoisotopic (exact) mass is 348 g/mol. The SMILES string of the molecule is Cc1oc(C(C)C)cc1C(=O)N1CCC2(CCCN(CCO)C2=O)C1. The van der Waals surface area contributed by atoms with Gasteiger partial charge in [-0.2, -0.15) is 0 Å². The zero-order valence-electron chi connectivity index (χ0n) is 15.4. The normalized spacial score (nSPS) is 24.0. The molecule has 1 spiro atoms. The van der Waals surface area contributed by atoms with E-state index in [4.69, 9.17) is 9.52 Å². The summed E-state index contributed by atoms with van der Waals surface area (Å²) in [5.74, 6) is 1.74. The predicted molar refractivity (Wildman–Crippen MR) is 93.4 cm³/mol. The van der Waals surface area contributed by atoms with Gasteiger partial charge in [0.2, 0.25) is 5.91 Å². The number of nitrogens with zero attached hydrogens (tertiary/aromatic N) is 2. The van der Waals surface area contributed by atoms with Gasteiger partial charge in [-0.1, -0.05) is 13.8 Å². The van der Waals surface area contributed by atoms with Crippen molar-refractivity contribution in [1.82, 2.24) is 9.80 Å². The van der Waals surface area contributed by atoms with E-state index in [9.17, 15) is 9.59 Å². The van der Waals surface area contributed by atoms with E-state index < -0.39 is 5.41 Å². The zero-order valence-corrected chi connectivity index (χ0v) is 15.4. The van der Waals surface area contributed by atoms with Gasteiger partial charge in [-0.05, 0) is 32.3 Å². The van der Waals surface area contributed by atoms with Crippen molar-refractivity contribution in [1.29, 1.82) is 0 Å². The van der Waals surface area contributed by atoms with Crippen molar-refractivity contribution >= 4 is 11.8 Å². The van der Waals surface area contributed by atoms with E-state index in [1.54, 1.807) is 9.80 Å². The molecule has 1 N–H and O–H groups in total. The highest BCUT2D eigenvalue weighted by molar-refractivity contribution is 5.96. The molecule has 138 valence electrons. The van der Waals surface area contributed by atoms with Crippen LogP contribution in [0.4, 0.5) is 0 Å². The number of carbonyl (C=O) groups is 2. The van der Waals surface area contributed by atoms with Gasteiger partial charge < -0.3 is 19.3 Å². The summed E-state index contributed by atoms with van der Waals surface area (Å²) in [5.41, 5.74) is 0.137. The topological polar surface area (TPSA) is 74.0 Å². The van der Waals surface area contributed by atoms with Crippen LogP contribution in [0.2, 0.25) is 0 Å². The lowest BCUT2D eigenvalue weighted by atomic mass is 9.78. The molecular weight excluding hydrogens is 320 g/mol. The third-order valence-electron chi connectivity index (χ3n) is 5.57. The van der Waals surface area contributed by atoms with Crippen LogP contribution in [0.1, 0.15) is 60.9 Å². The Morgan fingerprint density at radius 3 is 2.76 bits per heavy atom. The predicted octanol–water partition coefficient (Wildman–Crippen LogP) is 2.16. The van der Waals surface area contributed by atoms with Gasteiger partial charge in [-0.25, -0.2) is 0 Å². The minimum absolute atomic E-state index is 0.0172. The Labute approximate surface area is 148 Å². The maximum atomic E-state index is 12.9. The van der Waals surface area contributed by atoms with Gasteiger partial charge >= 0.3 is 0 Å². The third-order valence-corrected chi connectivity index (χ3v) is 5.57. The Bertz CT molecular complexity index is 664. The van der Waals surface area contributed by atoms with Crippen molar-refractivity contribution in [2.24, 2.45) is 5.41 Å². The first kappa shape index (κ1) is 18.0. The Morgan fingerprint density at radius 1 is 1.36 bits per heavy atom. The molecular formula is C19H28N2O4. The molecule has 0 bridgehead atoms. The molecule has 1 aromatic heterocycles. The fraction of sp³-hybridized carbons (Fsp3) is 0.684. The summed E-state index contributed by atoms with van der Waals surface area (Å²) in [6.07, 6.45) is 2.45. The van der Waals surface area contributed by atoms with Crippen molar-refractivity contribution in [3.05, 3.63) is 23.2 Å². The molecule has 2 aliphatic rings. The van der Waals surface area contributed by atoms with Crippen molar-refractivity contribution in [2.45, 2.75) is 46.0 Å². The first-order valence-corrected chi connectivity index (χ1v) is 9.18. The zero-order chi connectivity index (χ0) is 18.2. The van der Waals surface area contributed by atoms with Crippen LogP contribution in [0.25, 0.3) is 0 Å². The first-order chi connectivity index (χ1) is 11.9. The highest BCUT2D eigenvalue weighted by Crippen LogP contribution is 2.40. The summed E-state index contributed by atoms with van der Waals surface area (Å²) in [4.78, 5) is 29.3. The molecule has 0 saturated carbocycles. The highest BCUT2D eigenvalue weighted by atomic mass is 16.3. The lowest BCUT2D eigenvalue weighted by Crippen LogP contribution is -2.51. The van der Waals surface area contributed by atoms with E-state index in [0.717, 1.165) is 18.6 Å². The molecule has 0 aliphatic carbocycles. The number of piperidine rings is 1. The summed E-state index contributed by atoms with van der Waals surface area (Å²) >= 11 is 0. The van der Waals surface area contributed by atoms with Gasteiger partial charge in [0, 0.05) is 32.1 Å². The van der Waals surface area contributed by atoms with Gasteiger partial charge in [0.25, 0.3) is 5.91 Å². The van der Waals surface area contributed by atoms with Gasteiger partial charge in [-0.15, -0.1) is 0 Å². The molecule has 3 heterocycles. The molecule has 6 heteroatoms. The van der Waals surface area contributed by atoms with Crippen LogP contribution in [-0.4, -0.2) is 59.5 Å². The molecule has 6 nitrogen and oxygen atoms in total. The average molecular weight is 348 g/mol. The van der Waals surface area contributed by atoms with Crippen LogP contribution < -0.4 is 0 Å². The number of hydrogen-bond acceptors (Lipinski definition) is 4. The Hall–Kier alpha value is -1.82. The second-order valence-corrected chi connectivity index (χ2v) is 7.65. The number of rotatable bonds is 4. The molecule has 25 heavy (non-hydrogen) atoms. The molecule has 1 atom stereocenters. The Kier molecular flexibility index (Phi) is 4.91. The van der Waals surface area contributed by atoms with Crippen molar-refractivity contribution in [2.75, 3.05) is 32.8 Å². The molecule has 1 unspecified atom stereocenters. The summed E-state index contributed by atoms with van der Waals surface area (Å²) in [6.45, 7) is 8.02. The summed E-state index contributed by atoms with van der Waals surface area (Å²) in [6, 6.07) is 1.84. The molecule has 2 saturated heterocycles. The molecule has 0 radical (unpaired) electrons. The first-order valence-electron chi connectivity index (χ1n) is 9.18. The fourth-order valence-corrected chi connectivity index (χ4v) is 4.08. The molecule has 2 aliphatic heterocycles. The standard InChI is InChI=1S/C19H28N2O4/c1-13(2)16-11-15(14(3)25-16)17(23)21-8-6-19(12-21)5-4-7-20(9-10-22)18(19)24/h11,13,22H,4-10,12H2,1-3H3. The van der Waals surface area contributed by atoms with Gasteiger partial charge in [0.05, 0.1) is 17.6 Å². The summed E-state index contributed by atoms with van der Waals surface area (Å²) in [7, 11) is 0. The number of aliphatic hydroxyl groups excluding tert-OH is 1. The lowest BCUT2D eigenvalue weighted by Gasteiger charge is -2.39. The minimum Gasteiger partial charge on any atom is -0.465 e. The van der Waals surface area contributed by atoms with E-state index in [1.807, 2.05) is 26.8 Å². The molecule has 1 aromatic rings. The van der Waals surface area contributed by atoms with E-state index in [2.05, 4.69) is 0 Å². The maximum Gasteiger partial charge on any atom is 0.257 e. The fourth-order valence-electron chi connectivity index (χ4n) is 4.08.